The van der Waals surface area contributed by atoms with Gasteiger partial charge in [0.05, 0.1) is 16.8 Å². The molecule has 0 amide bonds. The normalized spacial score (nSPS) is 25.5. The van der Waals surface area contributed by atoms with Gasteiger partial charge in [-0.2, -0.15) is 0 Å². The minimum absolute atomic E-state index is 0.126. The van der Waals surface area contributed by atoms with Crippen LogP contribution in [-0.4, -0.2) is 38.5 Å². The van der Waals surface area contributed by atoms with Gasteiger partial charge in [-0.3, -0.25) is 4.79 Å². The van der Waals surface area contributed by atoms with Gasteiger partial charge in [-0.1, -0.05) is 46.3 Å². The van der Waals surface area contributed by atoms with E-state index >= 15 is 0 Å². The van der Waals surface area contributed by atoms with Crippen LogP contribution in [0.15, 0.2) is 64.0 Å². The van der Waals surface area contributed by atoms with Crippen LogP contribution < -0.4 is 0 Å². The van der Waals surface area contributed by atoms with Crippen LogP contribution in [0.25, 0.3) is 0 Å². The lowest BCUT2D eigenvalue weighted by Gasteiger charge is -2.12. The van der Waals surface area contributed by atoms with Gasteiger partial charge in [0.25, 0.3) is 0 Å². The summed E-state index contributed by atoms with van der Waals surface area (Å²) in [4.78, 5) is 12.2. The lowest BCUT2D eigenvalue weighted by Crippen LogP contribution is -2.28. The Labute approximate surface area is 154 Å². The molecule has 3 atom stereocenters. The molecule has 1 aliphatic carbocycles. The molecule has 2 aromatic rings. The molecule has 1 saturated carbocycles. The second kappa shape index (κ2) is 6.55. The number of rotatable bonds is 6. The van der Waals surface area contributed by atoms with Crippen molar-refractivity contribution < 1.29 is 23.1 Å². The number of hydrogen-bond donors (Lipinski definition) is 1. The molecule has 25 heavy (non-hydrogen) atoms. The lowest BCUT2D eigenvalue weighted by molar-refractivity contribution is -0.145. The third-order valence-electron chi connectivity index (χ3n) is 4.67. The molecule has 132 valence electrons. The first-order valence-corrected chi connectivity index (χ1v) is 9.96. The van der Waals surface area contributed by atoms with Crippen LogP contribution in [-0.2, 0) is 19.4 Å². The fourth-order valence-electron chi connectivity index (χ4n) is 3.49. The molecule has 2 aromatic carbocycles. The number of methoxy groups -OCH3 is 1. The zero-order valence-electron chi connectivity index (χ0n) is 13.4. The summed E-state index contributed by atoms with van der Waals surface area (Å²) in [6.07, 6.45) is 0. The second-order valence-corrected chi connectivity index (χ2v) is 9.07. The number of hydrogen-bond acceptors (Lipinski definition) is 4. The van der Waals surface area contributed by atoms with Gasteiger partial charge in [-0.05, 0) is 29.8 Å². The Morgan fingerprint density at radius 3 is 2.28 bits per heavy atom. The molecule has 0 radical (unpaired) electrons. The summed E-state index contributed by atoms with van der Waals surface area (Å²) >= 11 is 3.34. The van der Waals surface area contributed by atoms with E-state index in [4.69, 9.17) is 4.74 Å². The van der Waals surface area contributed by atoms with Crippen molar-refractivity contribution in [1.82, 2.24) is 0 Å². The number of benzene rings is 2. The fraction of sp³-hybridized carbons (Fsp3) is 0.278. The first-order valence-electron chi connectivity index (χ1n) is 7.62. The van der Waals surface area contributed by atoms with Crippen molar-refractivity contribution in [3.05, 3.63) is 64.6 Å². The lowest BCUT2D eigenvalue weighted by atomic mass is 10.0. The van der Waals surface area contributed by atoms with E-state index in [0.29, 0.717) is 5.56 Å². The van der Waals surface area contributed by atoms with Crippen LogP contribution in [0.4, 0.5) is 0 Å². The maximum absolute atomic E-state index is 13.1. The summed E-state index contributed by atoms with van der Waals surface area (Å²) in [5.74, 6) is -1.82. The molecule has 7 heteroatoms. The van der Waals surface area contributed by atoms with Crippen molar-refractivity contribution in [2.75, 3.05) is 13.7 Å². The molecule has 0 unspecified atom stereocenters. The molecule has 0 aliphatic heterocycles. The number of ether oxygens (including phenoxy) is 1. The van der Waals surface area contributed by atoms with E-state index in [0.717, 1.165) is 4.47 Å². The Morgan fingerprint density at radius 1 is 1.16 bits per heavy atom. The first kappa shape index (κ1) is 18.1. The van der Waals surface area contributed by atoms with Crippen molar-refractivity contribution in [3.8, 4) is 0 Å². The van der Waals surface area contributed by atoms with Gasteiger partial charge in [0.2, 0.25) is 0 Å². The zero-order chi connectivity index (χ0) is 18.2. The maximum Gasteiger partial charge on any atom is 0.314 e. The molecule has 5 nitrogen and oxygen atoms in total. The third kappa shape index (κ3) is 2.90. The smallest absolute Gasteiger partial charge is 0.314 e. The molecule has 3 rings (SSSR count). The molecule has 0 spiro atoms. The van der Waals surface area contributed by atoms with E-state index in [1.807, 2.05) is 0 Å². The van der Waals surface area contributed by atoms with Gasteiger partial charge in [0.15, 0.2) is 9.84 Å². The van der Waals surface area contributed by atoms with Crippen molar-refractivity contribution in [2.45, 2.75) is 16.1 Å². The molecular weight excluding hydrogens is 408 g/mol. The quantitative estimate of drug-likeness (QED) is 0.770. The van der Waals surface area contributed by atoms with Gasteiger partial charge in [-0.25, -0.2) is 8.42 Å². The SMILES string of the molecule is COC[C@@]1(C(=O)O)[C@H](S(=O)(=O)c2ccccc2)[C@@H]1c1ccc(Br)cc1. The molecule has 1 fully saturated rings. The monoisotopic (exact) mass is 424 g/mol. The van der Waals surface area contributed by atoms with Crippen LogP contribution >= 0.6 is 15.9 Å². The average molecular weight is 425 g/mol. The van der Waals surface area contributed by atoms with E-state index in [1.165, 1.54) is 19.2 Å². The molecule has 0 saturated heterocycles. The second-order valence-electron chi connectivity index (χ2n) is 6.09. The third-order valence-corrected chi connectivity index (χ3v) is 7.49. The highest BCUT2D eigenvalue weighted by Crippen LogP contribution is 2.64. The van der Waals surface area contributed by atoms with Crippen LogP contribution in [0.5, 0.6) is 0 Å². The molecule has 0 bridgehead atoms. The zero-order valence-corrected chi connectivity index (χ0v) is 15.8. The highest BCUT2D eigenvalue weighted by atomic mass is 79.9. The molecule has 1 aliphatic rings. The van der Waals surface area contributed by atoms with Crippen LogP contribution in [0.2, 0.25) is 0 Å². The Balaban J connectivity index is 2.12. The number of carboxylic acid groups (broad SMARTS) is 1. The van der Waals surface area contributed by atoms with E-state index in [1.54, 1.807) is 42.5 Å². The van der Waals surface area contributed by atoms with Gasteiger partial charge in [-0.15, -0.1) is 0 Å². The highest BCUT2D eigenvalue weighted by molar-refractivity contribution is 9.10. The van der Waals surface area contributed by atoms with E-state index in [-0.39, 0.29) is 11.5 Å². The predicted octanol–water partition coefficient (Wildman–Crippen LogP) is 3.11. The Hall–Kier alpha value is -1.70. The number of aliphatic carboxylic acids is 1. The molecule has 1 N–H and O–H groups in total. The summed E-state index contributed by atoms with van der Waals surface area (Å²) in [6, 6.07) is 15.0. The number of sulfone groups is 1. The highest BCUT2D eigenvalue weighted by Gasteiger charge is 2.76. The molecule has 0 aromatic heterocycles. The summed E-state index contributed by atoms with van der Waals surface area (Å²) in [7, 11) is -2.44. The topological polar surface area (TPSA) is 80.7 Å². The maximum atomic E-state index is 13.1. The van der Waals surface area contributed by atoms with Crippen molar-refractivity contribution in [2.24, 2.45) is 5.41 Å². The van der Waals surface area contributed by atoms with Crippen LogP contribution in [0.1, 0.15) is 11.5 Å². The average Bonchev–Trinajstić information content (AvgIpc) is 3.28. The molecular formula is C18H17BrO5S. The van der Waals surface area contributed by atoms with Crippen molar-refractivity contribution in [3.63, 3.8) is 0 Å². The van der Waals surface area contributed by atoms with Gasteiger partial charge in [0.1, 0.15) is 5.41 Å². The number of carboxylic acids is 1. The summed E-state index contributed by atoms with van der Waals surface area (Å²) in [6.45, 7) is -0.167. The van der Waals surface area contributed by atoms with Crippen molar-refractivity contribution >= 4 is 31.7 Å². The molecule has 0 heterocycles. The van der Waals surface area contributed by atoms with Gasteiger partial charge >= 0.3 is 5.97 Å². The Morgan fingerprint density at radius 2 is 1.76 bits per heavy atom. The van der Waals surface area contributed by atoms with Crippen LogP contribution in [0, 0.1) is 5.41 Å². The van der Waals surface area contributed by atoms with E-state index in [9.17, 15) is 18.3 Å². The minimum atomic E-state index is -3.82. The van der Waals surface area contributed by atoms with E-state index in [2.05, 4.69) is 15.9 Å². The summed E-state index contributed by atoms with van der Waals surface area (Å²) < 4.78 is 32.2. The number of carbonyl (C=O) groups is 1. The standard InChI is InChI=1S/C18H17BrO5S/c1-24-11-18(17(20)21)15(12-7-9-13(19)10-8-12)16(18)25(22,23)14-5-3-2-4-6-14/h2-10,15-16H,11H2,1H3,(H,20,21)/t15-,16+,18-/m0/s1. The Bertz CT molecular complexity index is 879. The van der Waals surface area contributed by atoms with Gasteiger partial charge in [0, 0.05) is 17.5 Å². The fourth-order valence-corrected chi connectivity index (χ4v) is 6.13. The Kier molecular flexibility index (Phi) is 4.74. The predicted molar refractivity (Wildman–Crippen MR) is 96.2 cm³/mol. The summed E-state index contributed by atoms with van der Waals surface area (Å²) in [5.41, 5.74) is -0.816. The minimum Gasteiger partial charge on any atom is -0.481 e. The van der Waals surface area contributed by atoms with E-state index < -0.39 is 32.4 Å². The van der Waals surface area contributed by atoms with Crippen molar-refractivity contribution in [1.29, 1.82) is 0 Å². The largest absolute Gasteiger partial charge is 0.481 e. The first-order chi connectivity index (χ1) is 11.9. The summed E-state index contributed by atoms with van der Waals surface area (Å²) in [5, 5.41) is 8.78. The van der Waals surface area contributed by atoms with Gasteiger partial charge < -0.3 is 9.84 Å². The number of halogens is 1. The van der Waals surface area contributed by atoms with Crippen LogP contribution in [0.3, 0.4) is 0 Å².